The molecule has 0 aromatic heterocycles. The molecule has 0 heterocycles. The SMILES string of the molecule is CCCC(=O)OCC(C)(C)SCCC(C)C(F)(F)CC. The van der Waals surface area contributed by atoms with Crippen molar-refractivity contribution in [1.82, 2.24) is 0 Å². The first-order valence-corrected chi connectivity index (χ1v) is 8.30. The maximum atomic E-state index is 13.4. The second-order valence-corrected chi connectivity index (χ2v) is 7.63. The van der Waals surface area contributed by atoms with Gasteiger partial charge in [0.05, 0.1) is 0 Å². The quantitative estimate of drug-likeness (QED) is 0.536. The number of carbonyl (C=O) groups excluding carboxylic acids is 1. The largest absolute Gasteiger partial charge is 0.464 e. The van der Waals surface area contributed by atoms with Gasteiger partial charge in [-0.3, -0.25) is 4.79 Å². The van der Waals surface area contributed by atoms with Crippen molar-refractivity contribution in [2.45, 2.75) is 71.0 Å². The third-order valence-electron chi connectivity index (χ3n) is 3.27. The summed E-state index contributed by atoms with van der Waals surface area (Å²) < 4.78 is 31.8. The summed E-state index contributed by atoms with van der Waals surface area (Å²) in [7, 11) is 0. The Bertz CT molecular complexity index is 294. The van der Waals surface area contributed by atoms with E-state index in [0.717, 1.165) is 6.42 Å². The van der Waals surface area contributed by atoms with Crippen molar-refractivity contribution < 1.29 is 18.3 Å². The van der Waals surface area contributed by atoms with E-state index < -0.39 is 11.8 Å². The molecule has 120 valence electrons. The highest BCUT2D eigenvalue weighted by molar-refractivity contribution is 8.00. The summed E-state index contributed by atoms with van der Waals surface area (Å²) in [4.78, 5) is 11.3. The lowest BCUT2D eigenvalue weighted by Gasteiger charge is -2.26. The fourth-order valence-electron chi connectivity index (χ4n) is 1.64. The van der Waals surface area contributed by atoms with Crippen molar-refractivity contribution in [1.29, 1.82) is 0 Å². The smallest absolute Gasteiger partial charge is 0.305 e. The molecule has 2 nitrogen and oxygen atoms in total. The Morgan fingerprint density at radius 1 is 1.30 bits per heavy atom. The lowest BCUT2D eigenvalue weighted by molar-refractivity contribution is -0.144. The van der Waals surface area contributed by atoms with Crippen molar-refractivity contribution in [3.63, 3.8) is 0 Å². The van der Waals surface area contributed by atoms with Crippen LogP contribution in [0.3, 0.4) is 0 Å². The minimum atomic E-state index is -2.59. The molecule has 0 amide bonds. The first-order valence-electron chi connectivity index (χ1n) is 7.32. The molecule has 0 saturated heterocycles. The normalized spacial score (nSPS) is 14.2. The molecule has 1 unspecified atom stereocenters. The van der Waals surface area contributed by atoms with Crippen molar-refractivity contribution in [3.05, 3.63) is 0 Å². The van der Waals surface area contributed by atoms with Crippen LogP contribution in [0, 0.1) is 5.92 Å². The predicted molar refractivity (Wildman–Crippen MR) is 81.4 cm³/mol. The Kier molecular flexibility index (Phi) is 8.71. The third kappa shape index (κ3) is 8.08. The molecule has 1 atom stereocenters. The van der Waals surface area contributed by atoms with Crippen molar-refractivity contribution >= 4 is 17.7 Å². The van der Waals surface area contributed by atoms with Gasteiger partial charge >= 0.3 is 5.97 Å². The predicted octanol–water partition coefficient (Wildman–Crippen LogP) is 4.91. The van der Waals surface area contributed by atoms with Gasteiger partial charge in [0.25, 0.3) is 0 Å². The molecular weight excluding hydrogens is 282 g/mol. The fourth-order valence-corrected chi connectivity index (χ4v) is 2.81. The zero-order valence-corrected chi connectivity index (χ0v) is 14.1. The Balaban J connectivity index is 4.01. The van der Waals surface area contributed by atoms with Crippen LogP contribution in [-0.4, -0.2) is 29.0 Å². The van der Waals surface area contributed by atoms with Gasteiger partial charge in [0.2, 0.25) is 5.92 Å². The third-order valence-corrected chi connectivity index (χ3v) is 4.61. The maximum Gasteiger partial charge on any atom is 0.305 e. The van der Waals surface area contributed by atoms with Crippen LogP contribution in [-0.2, 0) is 9.53 Å². The highest BCUT2D eigenvalue weighted by Crippen LogP contribution is 2.33. The van der Waals surface area contributed by atoms with Crippen molar-refractivity contribution in [2.75, 3.05) is 12.4 Å². The standard InChI is InChI=1S/C15H28F2O2S/c1-6-8-13(18)19-11-14(4,5)20-10-9-12(3)15(16,17)7-2/h12H,6-11H2,1-5H3. The van der Waals surface area contributed by atoms with E-state index in [9.17, 15) is 13.6 Å². The Labute approximate surface area is 126 Å². The van der Waals surface area contributed by atoms with Gasteiger partial charge in [-0.05, 0) is 32.4 Å². The lowest BCUT2D eigenvalue weighted by Crippen LogP contribution is -2.28. The Hall–Kier alpha value is -0.320. The molecule has 20 heavy (non-hydrogen) atoms. The first kappa shape index (κ1) is 19.7. The minimum Gasteiger partial charge on any atom is -0.464 e. The maximum absolute atomic E-state index is 13.4. The van der Waals surface area contributed by atoms with Crippen molar-refractivity contribution in [3.8, 4) is 0 Å². The number of hydrogen-bond acceptors (Lipinski definition) is 3. The summed E-state index contributed by atoms with van der Waals surface area (Å²) in [5.74, 6) is -2.74. The van der Waals surface area contributed by atoms with Crippen LogP contribution >= 0.6 is 11.8 Å². The summed E-state index contributed by atoms with van der Waals surface area (Å²) in [6.45, 7) is 9.31. The van der Waals surface area contributed by atoms with E-state index in [1.165, 1.54) is 6.92 Å². The number of carbonyl (C=O) groups is 1. The van der Waals surface area contributed by atoms with E-state index in [0.29, 0.717) is 25.2 Å². The number of rotatable bonds is 10. The molecule has 0 aliphatic rings. The average Bonchev–Trinajstić information content (AvgIpc) is 2.36. The van der Waals surface area contributed by atoms with Gasteiger partial charge in [-0.15, -0.1) is 0 Å². The van der Waals surface area contributed by atoms with Crippen LogP contribution in [0.2, 0.25) is 0 Å². The van der Waals surface area contributed by atoms with Crippen LogP contribution in [0.4, 0.5) is 8.78 Å². The summed E-state index contributed by atoms with van der Waals surface area (Å²) in [6.07, 6.45) is 1.56. The Morgan fingerprint density at radius 2 is 1.90 bits per heavy atom. The topological polar surface area (TPSA) is 26.3 Å². The number of alkyl halides is 2. The van der Waals surface area contributed by atoms with Crippen LogP contribution in [0.15, 0.2) is 0 Å². The van der Waals surface area contributed by atoms with Crippen molar-refractivity contribution in [2.24, 2.45) is 5.92 Å². The van der Waals surface area contributed by atoms with E-state index in [1.54, 1.807) is 18.7 Å². The Morgan fingerprint density at radius 3 is 2.40 bits per heavy atom. The number of hydrogen-bond donors (Lipinski definition) is 0. The second-order valence-electron chi connectivity index (χ2n) is 5.82. The highest BCUT2D eigenvalue weighted by atomic mass is 32.2. The van der Waals surface area contributed by atoms with E-state index in [-0.39, 0.29) is 17.1 Å². The fraction of sp³-hybridized carbons (Fsp3) is 0.933. The molecule has 0 spiro atoms. The summed E-state index contributed by atoms with van der Waals surface area (Å²) in [5.41, 5.74) is 0. The van der Waals surface area contributed by atoms with E-state index in [1.807, 2.05) is 20.8 Å². The zero-order valence-electron chi connectivity index (χ0n) is 13.3. The van der Waals surface area contributed by atoms with Gasteiger partial charge in [-0.25, -0.2) is 8.78 Å². The van der Waals surface area contributed by atoms with Crippen LogP contribution in [0.25, 0.3) is 0 Å². The molecule has 5 heteroatoms. The van der Waals surface area contributed by atoms with Crippen LogP contribution in [0.5, 0.6) is 0 Å². The van der Waals surface area contributed by atoms with E-state index >= 15 is 0 Å². The molecule has 0 bridgehead atoms. The zero-order chi connectivity index (χ0) is 15.8. The number of ether oxygens (including phenoxy) is 1. The summed E-state index contributed by atoms with van der Waals surface area (Å²) >= 11 is 1.58. The molecular formula is C15H28F2O2S. The molecule has 0 aromatic rings. The number of thioether (sulfide) groups is 1. The first-order chi connectivity index (χ1) is 9.14. The number of esters is 1. The minimum absolute atomic E-state index is 0.114. The average molecular weight is 310 g/mol. The van der Waals surface area contributed by atoms with E-state index in [2.05, 4.69) is 0 Å². The molecule has 0 N–H and O–H groups in total. The van der Waals surface area contributed by atoms with Crippen LogP contribution < -0.4 is 0 Å². The van der Waals surface area contributed by atoms with E-state index in [4.69, 9.17) is 4.74 Å². The van der Waals surface area contributed by atoms with Gasteiger partial charge in [0.15, 0.2) is 0 Å². The highest BCUT2D eigenvalue weighted by Gasteiger charge is 2.34. The van der Waals surface area contributed by atoms with Gasteiger partial charge in [0.1, 0.15) is 6.61 Å². The summed E-state index contributed by atoms with van der Waals surface area (Å²) in [6, 6.07) is 0. The molecule has 0 aliphatic carbocycles. The van der Waals surface area contributed by atoms with Gasteiger partial charge in [-0.2, -0.15) is 11.8 Å². The van der Waals surface area contributed by atoms with Crippen LogP contribution in [0.1, 0.15) is 60.3 Å². The second kappa shape index (κ2) is 8.85. The molecule has 0 radical (unpaired) electrons. The number of halogens is 2. The molecule has 0 saturated carbocycles. The molecule has 0 rings (SSSR count). The van der Waals surface area contributed by atoms with Gasteiger partial charge < -0.3 is 4.74 Å². The van der Waals surface area contributed by atoms with Gasteiger partial charge in [-0.1, -0.05) is 20.8 Å². The lowest BCUT2D eigenvalue weighted by atomic mass is 9.99. The monoisotopic (exact) mass is 310 g/mol. The molecule has 0 fully saturated rings. The molecule has 0 aliphatic heterocycles. The van der Waals surface area contributed by atoms with Gasteiger partial charge in [0, 0.05) is 23.5 Å². The molecule has 0 aromatic carbocycles. The summed E-state index contributed by atoms with van der Waals surface area (Å²) in [5, 5.41) is 0.